The van der Waals surface area contributed by atoms with Gasteiger partial charge >= 0.3 is 0 Å². The normalized spacial score (nSPS) is 12.6. The van der Waals surface area contributed by atoms with Crippen molar-refractivity contribution in [2.24, 2.45) is 5.92 Å². The fraction of sp³-hybridized carbons (Fsp3) is 0.409. The van der Waals surface area contributed by atoms with E-state index in [1.54, 1.807) is 19.2 Å². The van der Waals surface area contributed by atoms with E-state index in [4.69, 9.17) is 9.47 Å². The van der Waals surface area contributed by atoms with E-state index in [2.05, 4.69) is 19.2 Å². The van der Waals surface area contributed by atoms with E-state index in [9.17, 15) is 13.2 Å². The summed E-state index contributed by atoms with van der Waals surface area (Å²) in [5, 5.41) is 2.97. The molecule has 0 spiro atoms. The van der Waals surface area contributed by atoms with E-state index >= 15 is 0 Å². The van der Waals surface area contributed by atoms with Gasteiger partial charge in [-0.15, -0.1) is 0 Å². The van der Waals surface area contributed by atoms with Crippen molar-refractivity contribution in [2.75, 3.05) is 27.8 Å². The average Bonchev–Trinajstić information content (AvgIpc) is 2.73. The zero-order valence-corrected chi connectivity index (χ0v) is 18.9. The number of hydrogen-bond donors (Lipinski definition) is 1. The highest BCUT2D eigenvalue weighted by Gasteiger charge is 2.24. The highest BCUT2D eigenvalue weighted by atomic mass is 32.2. The fourth-order valence-electron chi connectivity index (χ4n) is 3.04. The number of carbonyl (C=O) groups excluding carboxylic acids is 1. The number of likely N-dealkylation sites (N-methyl/N-ethyl adjacent to an activating group) is 1. The number of carbonyl (C=O) groups is 1. The van der Waals surface area contributed by atoms with E-state index < -0.39 is 10.0 Å². The second-order valence-corrected chi connectivity index (χ2v) is 9.50. The predicted octanol–water partition coefficient (Wildman–Crippen LogP) is 3.23. The van der Waals surface area contributed by atoms with Gasteiger partial charge in [0.05, 0.1) is 31.7 Å². The summed E-state index contributed by atoms with van der Waals surface area (Å²) in [6.45, 7) is 3.87. The molecular weight excluding hydrogens is 404 g/mol. The van der Waals surface area contributed by atoms with Gasteiger partial charge in [-0.25, -0.2) is 8.42 Å². The van der Waals surface area contributed by atoms with Gasteiger partial charge in [-0.3, -0.25) is 4.79 Å². The van der Waals surface area contributed by atoms with Crippen LogP contribution >= 0.6 is 0 Å². The van der Waals surface area contributed by atoms with E-state index in [0.717, 1.165) is 22.0 Å². The summed E-state index contributed by atoms with van der Waals surface area (Å²) in [4.78, 5) is 12.8. The van der Waals surface area contributed by atoms with Crippen LogP contribution < -0.4 is 14.8 Å². The Labute approximate surface area is 179 Å². The Morgan fingerprint density at radius 1 is 0.967 bits per heavy atom. The number of nitrogens with zero attached hydrogens (tertiary/aromatic N) is 1. The number of benzene rings is 2. The number of methoxy groups -OCH3 is 2. The van der Waals surface area contributed by atoms with Crippen LogP contribution in [0.1, 0.15) is 31.9 Å². The van der Waals surface area contributed by atoms with Crippen LogP contribution in [0.5, 0.6) is 11.5 Å². The second kappa shape index (κ2) is 10.4. The number of hydrogen-bond acceptors (Lipinski definition) is 5. The first-order chi connectivity index (χ1) is 14.2. The molecule has 0 saturated carbocycles. The van der Waals surface area contributed by atoms with Crippen molar-refractivity contribution in [3.05, 3.63) is 54.1 Å². The average molecular weight is 435 g/mol. The highest BCUT2D eigenvalue weighted by molar-refractivity contribution is 7.89. The third kappa shape index (κ3) is 6.21. The van der Waals surface area contributed by atoms with Crippen LogP contribution in [-0.2, 0) is 14.8 Å². The predicted molar refractivity (Wildman–Crippen MR) is 116 cm³/mol. The monoisotopic (exact) mass is 434 g/mol. The Morgan fingerprint density at radius 2 is 1.47 bits per heavy atom. The molecule has 0 aromatic heterocycles. The van der Waals surface area contributed by atoms with Crippen molar-refractivity contribution in [3.8, 4) is 11.5 Å². The van der Waals surface area contributed by atoms with Gasteiger partial charge in [-0.05, 0) is 54.3 Å². The third-order valence-electron chi connectivity index (χ3n) is 4.69. The van der Waals surface area contributed by atoms with Crippen molar-refractivity contribution in [3.63, 3.8) is 0 Å². The minimum Gasteiger partial charge on any atom is -0.497 e. The maximum absolute atomic E-state index is 12.8. The van der Waals surface area contributed by atoms with Gasteiger partial charge in [0.1, 0.15) is 11.5 Å². The van der Waals surface area contributed by atoms with Crippen LogP contribution in [-0.4, -0.2) is 46.4 Å². The van der Waals surface area contributed by atoms with Crippen molar-refractivity contribution < 1.29 is 22.7 Å². The minimum absolute atomic E-state index is 0.104. The van der Waals surface area contributed by atoms with Crippen LogP contribution in [0, 0.1) is 5.92 Å². The number of sulfonamides is 1. The summed E-state index contributed by atoms with van der Waals surface area (Å²) in [5.74, 6) is 1.28. The summed E-state index contributed by atoms with van der Waals surface area (Å²) in [5.41, 5.74) is 0.943. The Bertz CT molecular complexity index is 925. The van der Waals surface area contributed by atoms with E-state index in [0.29, 0.717) is 11.7 Å². The summed E-state index contributed by atoms with van der Waals surface area (Å²) in [6, 6.07) is 13.3. The van der Waals surface area contributed by atoms with Crippen molar-refractivity contribution in [1.82, 2.24) is 9.62 Å². The van der Waals surface area contributed by atoms with E-state index in [1.807, 2.05) is 24.3 Å². The molecule has 0 heterocycles. The molecule has 7 nitrogen and oxygen atoms in total. The van der Waals surface area contributed by atoms with E-state index in [-0.39, 0.29) is 23.4 Å². The number of amides is 1. The molecule has 164 valence electrons. The zero-order chi connectivity index (χ0) is 22.3. The minimum atomic E-state index is -3.79. The second-order valence-electron chi connectivity index (χ2n) is 7.46. The standard InChI is InChI=1S/C22H30N2O5S/c1-16(2)14-21(17-6-8-18(28-4)9-7-17)23-22(25)15-24(3)30(26,27)20-12-10-19(29-5)11-13-20/h6-13,16,21H,14-15H2,1-5H3,(H,23,25). The zero-order valence-electron chi connectivity index (χ0n) is 18.1. The smallest absolute Gasteiger partial charge is 0.243 e. The molecule has 1 amide bonds. The quantitative estimate of drug-likeness (QED) is 0.621. The lowest BCUT2D eigenvalue weighted by Gasteiger charge is -2.23. The topological polar surface area (TPSA) is 84.9 Å². The molecule has 2 rings (SSSR count). The number of nitrogens with one attached hydrogen (secondary N) is 1. The number of rotatable bonds is 10. The van der Waals surface area contributed by atoms with Gasteiger partial charge in [0.15, 0.2) is 0 Å². The van der Waals surface area contributed by atoms with E-state index in [1.165, 1.54) is 26.3 Å². The molecule has 0 saturated heterocycles. The van der Waals surface area contributed by atoms with Crippen molar-refractivity contribution >= 4 is 15.9 Å². The molecule has 1 atom stereocenters. The number of ether oxygens (including phenoxy) is 2. The Morgan fingerprint density at radius 3 is 1.93 bits per heavy atom. The first-order valence-corrected chi connectivity index (χ1v) is 11.1. The van der Waals surface area contributed by atoms with Gasteiger partial charge < -0.3 is 14.8 Å². The van der Waals surface area contributed by atoms with Crippen LogP contribution in [0.3, 0.4) is 0 Å². The highest BCUT2D eigenvalue weighted by Crippen LogP contribution is 2.24. The van der Waals surface area contributed by atoms with Crippen molar-refractivity contribution in [2.45, 2.75) is 31.2 Å². The maximum atomic E-state index is 12.8. The summed E-state index contributed by atoms with van der Waals surface area (Å²) in [7, 11) is 0.711. The SMILES string of the molecule is COc1ccc(C(CC(C)C)NC(=O)CN(C)S(=O)(=O)c2ccc(OC)cc2)cc1. The Hall–Kier alpha value is -2.58. The fourth-order valence-corrected chi connectivity index (χ4v) is 4.17. The molecule has 2 aromatic carbocycles. The molecule has 0 bridgehead atoms. The largest absolute Gasteiger partial charge is 0.497 e. The third-order valence-corrected chi connectivity index (χ3v) is 6.51. The molecule has 0 aliphatic rings. The molecule has 1 N–H and O–H groups in total. The summed E-state index contributed by atoms with van der Waals surface area (Å²) in [6.07, 6.45) is 0.729. The lowest BCUT2D eigenvalue weighted by atomic mass is 9.97. The maximum Gasteiger partial charge on any atom is 0.243 e. The first-order valence-electron chi connectivity index (χ1n) is 9.71. The lowest BCUT2D eigenvalue weighted by molar-refractivity contribution is -0.122. The lowest BCUT2D eigenvalue weighted by Crippen LogP contribution is -2.40. The molecule has 0 aliphatic heterocycles. The molecular formula is C22H30N2O5S. The van der Waals surface area contributed by atoms with Crippen LogP contribution in [0.4, 0.5) is 0 Å². The van der Waals surface area contributed by atoms with Gasteiger partial charge in [0.2, 0.25) is 15.9 Å². The Balaban J connectivity index is 2.10. The van der Waals surface area contributed by atoms with Gasteiger partial charge in [0, 0.05) is 7.05 Å². The van der Waals surface area contributed by atoms with Crippen LogP contribution in [0.2, 0.25) is 0 Å². The van der Waals surface area contributed by atoms with Gasteiger partial charge in [-0.2, -0.15) is 4.31 Å². The Kier molecular flexibility index (Phi) is 8.25. The van der Waals surface area contributed by atoms with Crippen molar-refractivity contribution in [1.29, 1.82) is 0 Å². The van der Waals surface area contributed by atoms with Gasteiger partial charge in [-0.1, -0.05) is 26.0 Å². The molecule has 0 aliphatic carbocycles. The molecule has 0 radical (unpaired) electrons. The molecule has 30 heavy (non-hydrogen) atoms. The molecule has 8 heteroatoms. The molecule has 1 unspecified atom stereocenters. The summed E-state index contributed by atoms with van der Waals surface area (Å²) < 4.78 is 36.8. The molecule has 2 aromatic rings. The van der Waals surface area contributed by atoms with Gasteiger partial charge in [0.25, 0.3) is 0 Å². The molecule has 0 fully saturated rings. The van der Waals surface area contributed by atoms with Crippen LogP contribution in [0.25, 0.3) is 0 Å². The summed E-state index contributed by atoms with van der Waals surface area (Å²) >= 11 is 0. The van der Waals surface area contributed by atoms with Crippen LogP contribution in [0.15, 0.2) is 53.4 Å². The first kappa shape index (κ1) is 23.7.